The van der Waals surface area contributed by atoms with Gasteiger partial charge in [0, 0.05) is 24.2 Å². The lowest BCUT2D eigenvalue weighted by Crippen LogP contribution is -2.47. The van der Waals surface area contributed by atoms with E-state index in [-0.39, 0.29) is 24.5 Å². The molecule has 0 aliphatic heterocycles. The fourth-order valence-electron chi connectivity index (χ4n) is 4.81. The van der Waals surface area contributed by atoms with Crippen LogP contribution in [0.15, 0.2) is 140 Å². The number of anilines is 4. The van der Waals surface area contributed by atoms with Crippen molar-refractivity contribution in [2.75, 3.05) is 21.3 Å². The second kappa shape index (κ2) is 16.7. The van der Waals surface area contributed by atoms with Gasteiger partial charge in [-0.25, -0.2) is 14.6 Å². The van der Waals surface area contributed by atoms with Crippen molar-refractivity contribution in [2.24, 2.45) is 0 Å². The fraction of sp³-hybridized carbons (Fsp3) is 0.108. The van der Waals surface area contributed by atoms with E-state index < -0.39 is 36.0 Å². The lowest BCUT2D eigenvalue weighted by atomic mass is 10.1. The number of para-hydroxylation sites is 2. The SMILES string of the molecule is O=C(Nc1ccccc1)N[C@@H](Cc1ccccc1)C(=O)Nc1cccc(NC(=O)[C@H](Cc2ccccc2)NC(=O)Nc2ccccc2)n1. The number of carbonyl (C=O) groups excluding carboxylic acids is 4. The van der Waals surface area contributed by atoms with Gasteiger partial charge in [-0.3, -0.25) is 9.59 Å². The summed E-state index contributed by atoms with van der Waals surface area (Å²) >= 11 is 0. The molecule has 5 rings (SSSR count). The van der Waals surface area contributed by atoms with Gasteiger partial charge in [-0.1, -0.05) is 103 Å². The number of hydrogen-bond acceptors (Lipinski definition) is 5. The molecule has 0 saturated heterocycles. The minimum Gasteiger partial charge on any atom is -0.326 e. The van der Waals surface area contributed by atoms with E-state index in [1.807, 2.05) is 72.8 Å². The molecule has 2 atom stereocenters. The molecular weight excluding hydrogens is 606 g/mol. The quantitative estimate of drug-likeness (QED) is 0.101. The molecule has 1 aromatic heterocycles. The van der Waals surface area contributed by atoms with Gasteiger partial charge in [0.2, 0.25) is 11.8 Å². The van der Waals surface area contributed by atoms with Crippen LogP contribution in [0.4, 0.5) is 32.6 Å². The van der Waals surface area contributed by atoms with Crippen molar-refractivity contribution in [3.8, 4) is 0 Å². The first kappa shape index (κ1) is 32.9. The normalized spacial score (nSPS) is 11.7. The molecule has 0 saturated carbocycles. The third-order valence-corrected chi connectivity index (χ3v) is 7.12. The smallest absolute Gasteiger partial charge is 0.319 e. The van der Waals surface area contributed by atoms with Crippen LogP contribution in [0.1, 0.15) is 11.1 Å². The lowest BCUT2D eigenvalue weighted by molar-refractivity contribution is -0.118. The van der Waals surface area contributed by atoms with Gasteiger partial charge in [0.25, 0.3) is 0 Å². The molecule has 6 amide bonds. The van der Waals surface area contributed by atoms with Crippen LogP contribution < -0.4 is 31.9 Å². The molecule has 0 aliphatic carbocycles. The second-order valence-electron chi connectivity index (χ2n) is 10.8. The van der Waals surface area contributed by atoms with Crippen LogP contribution in [0.3, 0.4) is 0 Å². The average molecular weight is 642 g/mol. The third-order valence-electron chi connectivity index (χ3n) is 7.12. The van der Waals surface area contributed by atoms with Crippen molar-refractivity contribution in [1.82, 2.24) is 15.6 Å². The van der Waals surface area contributed by atoms with Crippen LogP contribution in [0.2, 0.25) is 0 Å². The van der Waals surface area contributed by atoms with E-state index in [0.717, 1.165) is 11.1 Å². The highest BCUT2D eigenvalue weighted by molar-refractivity contribution is 6.00. The van der Waals surface area contributed by atoms with E-state index in [2.05, 4.69) is 36.9 Å². The Kier molecular flexibility index (Phi) is 11.5. The zero-order valence-corrected chi connectivity index (χ0v) is 25.9. The molecule has 0 unspecified atom stereocenters. The molecule has 1 heterocycles. The van der Waals surface area contributed by atoms with Crippen LogP contribution in [0.25, 0.3) is 0 Å². The lowest BCUT2D eigenvalue weighted by Gasteiger charge is -2.20. The highest BCUT2D eigenvalue weighted by Crippen LogP contribution is 2.14. The van der Waals surface area contributed by atoms with Crippen LogP contribution in [-0.4, -0.2) is 40.9 Å². The van der Waals surface area contributed by atoms with Gasteiger partial charge in [-0.2, -0.15) is 0 Å². The second-order valence-corrected chi connectivity index (χ2v) is 10.8. The number of benzene rings is 4. The molecule has 0 spiro atoms. The number of nitrogens with zero attached hydrogens (tertiary/aromatic N) is 1. The van der Waals surface area contributed by atoms with E-state index in [4.69, 9.17) is 0 Å². The Bertz CT molecular complexity index is 1680. The van der Waals surface area contributed by atoms with Gasteiger partial charge in [-0.05, 0) is 47.5 Å². The zero-order chi connectivity index (χ0) is 33.6. The summed E-state index contributed by atoms with van der Waals surface area (Å²) in [5.74, 6) is -0.676. The monoisotopic (exact) mass is 641 g/mol. The average Bonchev–Trinajstić information content (AvgIpc) is 3.09. The van der Waals surface area contributed by atoms with E-state index in [1.54, 1.807) is 66.7 Å². The Balaban J connectivity index is 1.26. The number of hydrogen-bond donors (Lipinski definition) is 6. The molecule has 0 radical (unpaired) electrons. The number of carbonyl (C=O) groups is 4. The summed E-state index contributed by atoms with van der Waals surface area (Å²) in [5, 5.41) is 16.5. The summed E-state index contributed by atoms with van der Waals surface area (Å²) < 4.78 is 0. The van der Waals surface area contributed by atoms with Gasteiger partial charge < -0.3 is 31.9 Å². The Morgan fingerprint density at radius 1 is 0.438 bits per heavy atom. The van der Waals surface area contributed by atoms with Crippen molar-refractivity contribution in [1.29, 1.82) is 0 Å². The maximum atomic E-state index is 13.5. The van der Waals surface area contributed by atoms with Gasteiger partial charge >= 0.3 is 12.1 Å². The van der Waals surface area contributed by atoms with Crippen molar-refractivity contribution in [3.63, 3.8) is 0 Å². The molecule has 0 bridgehead atoms. The first-order chi connectivity index (χ1) is 23.4. The van der Waals surface area contributed by atoms with E-state index in [1.165, 1.54) is 0 Å². The van der Waals surface area contributed by atoms with Gasteiger partial charge in [0.15, 0.2) is 0 Å². The van der Waals surface area contributed by atoms with Crippen LogP contribution in [0, 0.1) is 0 Å². The minimum absolute atomic E-state index is 0.163. The van der Waals surface area contributed by atoms with Gasteiger partial charge in [0.1, 0.15) is 23.7 Å². The molecule has 242 valence electrons. The van der Waals surface area contributed by atoms with Crippen molar-refractivity contribution in [3.05, 3.63) is 151 Å². The Hall–Kier alpha value is -6.49. The van der Waals surface area contributed by atoms with Crippen molar-refractivity contribution < 1.29 is 19.2 Å². The number of amides is 6. The number of urea groups is 2. The molecule has 0 fully saturated rings. The van der Waals surface area contributed by atoms with Crippen LogP contribution in [-0.2, 0) is 22.4 Å². The first-order valence-corrected chi connectivity index (χ1v) is 15.3. The molecule has 6 N–H and O–H groups in total. The Labute approximate surface area is 278 Å². The number of rotatable bonds is 12. The number of aromatic nitrogens is 1. The van der Waals surface area contributed by atoms with Crippen LogP contribution in [0.5, 0.6) is 0 Å². The summed E-state index contributed by atoms with van der Waals surface area (Å²) in [6.07, 6.45) is 0.451. The number of pyridine rings is 1. The third kappa shape index (κ3) is 10.3. The van der Waals surface area contributed by atoms with E-state index in [0.29, 0.717) is 11.4 Å². The molecule has 11 heteroatoms. The van der Waals surface area contributed by atoms with Gasteiger partial charge in [-0.15, -0.1) is 0 Å². The van der Waals surface area contributed by atoms with Gasteiger partial charge in [0.05, 0.1) is 0 Å². The van der Waals surface area contributed by atoms with Crippen molar-refractivity contribution in [2.45, 2.75) is 24.9 Å². The van der Waals surface area contributed by atoms with Crippen molar-refractivity contribution >= 4 is 46.9 Å². The standard InChI is InChI=1S/C37H35N7O4/c45-34(30(24-26-14-5-1-6-15-26)40-36(47)38-28-18-9-3-10-19-28)43-32-22-13-23-33(42-32)44-35(46)31(25-27-16-7-2-8-17-27)41-37(48)39-29-20-11-4-12-21-29/h1-23,30-31H,24-25H2,(H2,38,40,47)(H2,39,41,48)(H2,42,43,44,45,46)/t30-,31-/m0/s1. The molecular formula is C37H35N7O4. The summed E-state index contributed by atoms with van der Waals surface area (Å²) in [6.45, 7) is 0. The maximum absolute atomic E-state index is 13.5. The maximum Gasteiger partial charge on any atom is 0.319 e. The largest absolute Gasteiger partial charge is 0.326 e. The minimum atomic E-state index is -0.946. The molecule has 11 nitrogen and oxygen atoms in total. The van der Waals surface area contributed by atoms with E-state index >= 15 is 0 Å². The molecule has 4 aromatic carbocycles. The summed E-state index contributed by atoms with van der Waals surface area (Å²) in [7, 11) is 0. The molecule has 5 aromatic rings. The predicted octanol–water partition coefficient (Wildman–Crippen LogP) is 5.82. The predicted molar refractivity (Wildman–Crippen MR) is 187 cm³/mol. The number of nitrogens with one attached hydrogen (secondary N) is 6. The summed E-state index contributed by atoms with van der Waals surface area (Å²) in [5.41, 5.74) is 2.85. The Morgan fingerprint density at radius 3 is 1.17 bits per heavy atom. The highest BCUT2D eigenvalue weighted by Gasteiger charge is 2.24. The molecule has 48 heavy (non-hydrogen) atoms. The van der Waals surface area contributed by atoms with E-state index in [9.17, 15) is 19.2 Å². The zero-order valence-electron chi connectivity index (χ0n) is 25.9. The topological polar surface area (TPSA) is 153 Å². The molecule has 0 aliphatic rings. The summed E-state index contributed by atoms with van der Waals surface area (Å²) in [4.78, 5) is 57.0. The summed E-state index contributed by atoms with van der Waals surface area (Å²) in [6, 6.07) is 38.2. The Morgan fingerprint density at radius 2 is 0.792 bits per heavy atom. The highest BCUT2D eigenvalue weighted by atomic mass is 16.2. The van der Waals surface area contributed by atoms with Crippen LogP contribution >= 0.6 is 0 Å². The first-order valence-electron chi connectivity index (χ1n) is 15.3. The fourth-order valence-corrected chi connectivity index (χ4v) is 4.81.